The first kappa shape index (κ1) is 15.5. The monoisotopic (exact) mass is 342 g/mol. The molecule has 0 saturated heterocycles. The molecule has 1 heterocycles. The van der Waals surface area contributed by atoms with Crippen molar-refractivity contribution in [3.63, 3.8) is 0 Å². The standard InChI is InChI=1S/C15H10N4O4S/c16-8-10-9-17-15-13(10)5-2-6-14(15)18-24(22,23)12-4-1-3-11(7-12)19(20)21/h1-7,9,17-18H. The predicted molar refractivity (Wildman–Crippen MR) is 86.9 cm³/mol. The van der Waals surface area contributed by atoms with Crippen molar-refractivity contribution in [2.24, 2.45) is 0 Å². The van der Waals surface area contributed by atoms with E-state index in [1.165, 1.54) is 30.5 Å². The molecule has 120 valence electrons. The largest absolute Gasteiger partial charge is 0.358 e. The summed E-state index contributed by atoms with van der Waals surface area (Å²) in [6.07, 6.45) is 1.48. The van der Waals surface area contributed by atoms with Crippen molar-refractivity contribution in [2.75, 3.05) is 4.72 Å². The highest BCUT2D eigenvalue weighted by Gasteiger charge is 2.19. The van der Waals surface area contributed by atoms with Gasteiger partial charge >= 0.3 is 0 Å². The fourth-order valence-electron chi connectivity index (χ4n) is 2.30. The lowest BCUT2D eigenvalue weighted by atomic mass is 10.2. The molecule has 0 radical (unpaired) electrons. The van der Waals surface area contributed by atoms with Crippen molar-refractivity contribution in [1.82, 2.24) is 4.98 Å². The van der Waals surface area contributed by atoms with Gasteiger partial charge in [-0.15, -0.1) is 0 Å². The summed E-state index contributed by atoms with van der Waals surface area (Å²) in [6, 6.07) is 11.6. The fourth-order valence-corrected chi connectivity index (χ4v) is 3.41. The Morgan fingerprint density at radius 2 is 1.96 bits per heavy atom. The zero-order valence-corrected chi connectivity index (χ0v) is 12.9. The van der Waals surface area contributed by atoms with Gasteiger partial charge in [-0.25, -0.2) is 8.42 Å². The van der Waals surface area contributed by atoms with E-state index in [9.17, 15) is 18.5 Å². The molecule has 0 saturated carbocycles. The van der Waals surface area contributed by atoms with Crippen LogP contribution in [0.25, 0.3) is 10.9 Å². The number of para-hydroxylation sites is 1. The van der Waals surface area contributed by atoms with E-state index in [0.717, 1.165) is 6.07 Å². The minimum absolute atomic E-state index is 0.222. The number of anilines is 1. The SMILES string of the molecule is N#Cc1c[nH]c2c(NS(=O)(=O)c3cccc([N+](=O)[O-])c3)cccc12. The summed E-state index contributed by atoms with van der Waals surface area (Å²) in [4.78, 5) is 12.8. The summed E-state index contributed by atoms with van der Waals surface area (Å²) >= 11 is 0. The summed E-state index contributed by atoms with van der Waals surface area (Å²) in [5, 5.41) is 20.4. The smallest absolute Gasteiger partial charge is 0.270 e. The Kier molecular flexibility index (Phi) is 3.67. The number of nitro groups is 1. The first-order chi connectivity index (χ1) is 11.4. The van der Waals surface area contributed by atoms with Crippen molar-refractivity contribution >= 4 is 32.3 Å². The zero-order valence-electron chi connectivity index (χ0n) is 12.1. The second-order valence-electron chi connectivity index (χ2n) is 4.90. The summed E-state index contributed by atoms with van der Waals surface area (Å²) in [7, 11) is -4.02. The topological polar surface area (TPSA) is 129 Å². The van der Waals surface area contributed by atoms with Crippen molar-refractivity contribution in [1.29, 1.82) is 5.26 Å². The number of nitrogens with one attached hydrogen (secondary N) is 2. The van der Waals surface area contributed by atoms with Gasteiger partial charge in [-0.1, -0.05) is 18.2 Å². The van der Waals surface area contributed by atoms with Crippen LogP contribution in [0.4, 0.5) is 11.4 Å². The highest BCUT2D eigenvalue weighted by atomic mass is 32.2. The van der Waals surface area contributed by atoms with Crippen LogP contribution in [0.3, 0.4) is 0 Å². The van der Waals surface area contributed by atoms with Crippen molar-refractivity contribution in [3.05, 3.63) is 64.3 Å². The summed E-state index contributed by atoms with van der Waals surface area (Å²) in [5.74, 6) is 0. The lowest BCUT2D eigenvalue weighted by Crippen LogP contribution is -2.13. The van der Waals surface area contributed by atoms with E-state index in [-0.39, 0.29) is 16.3 Å². The van der Waals surface area contributed by atoms with Gasteiger partial charge in [0.1, 0.15) is 6.07 Å². The van der Waals surface area contributed by atoms with Crippen LogP contribution in [-0.4, -0.2) is 18.3 Å². The molecule has 9 heteroatoms. The molecule has 0 aliphatic heterocycles. The molecule has 0 unspecified atom stereocenters. The fraction of sp³-hybridized carbons (Fsp3) is 0. The lowest BCUT2D eigenvalue weighted by Gasteiger charge is -2.09. The number of nitro benzene ring substituents is 1. The van der Waals surface area contributed by atoms with Gasteiger partial charge < -0.3 is 4.98 Å². The van der Waals surface area contributed by atoms with E-state index in [4.69, 9.17) is 5.26 Å². The lowest BCUT2D eigenvalue weighted by molar-refractivity contribution is -0.385. The second kappa shape index (κ2) is 5.68. The third kappa shape index (κ3) is 2.66. The van der Waals surface area contributed by atoms with Gasteiger partial charge in [0.25, 0.3) is 15.7 Å². The van der Waals surface area contributed by atoms with E-state index in [1.807, 2.05) is 6.07 Å². The molecule has 8 nitrogen and oxygen atoms in total. The quantitative estimate of drug-likeness (QED) is 0.556. The molecule has 0 amide bonds. The van der Waals surface area contributed by atoms with Crippen LogP contribution in [0, 0.1) is 21.4 Å². The molecule has 3 aromatic rings. The van der Waals surface area contributed by atoms with Gasteiger partial charge in [-0.2, -0.15) is 5.26 Å². The third-order valence-corrected chi connectivity index (χ3v) is 4.78. The van der Waals surface area contributed by atoms with E-state index in [1.54, 1.807) is 12.1 Å². The molecule has 2 N–H and O–H groups in total. The van der Waals surface area contributed by atoms with Crippen LogP contribution in [0.5, 0.6) is 0 Å². The van der Waals surface area contributed by atoms with Gasteiger partial charge in [0.05, 0.1) is 26.6 Å². The normalized spacial score (nSPS) is 11.1. The number of hydrogen-bond donors (Lipinski definition) is 2. The molecule has 0 fully saturated rings. The molecular formula is C15H10N4O4S. The minimum Gasteiger partial charge on any atom is -0.358 e. The van der Waals surface area contributed by atoms with Crippen molar-refractivity contribution in [3.8, 4) is 6.07 Å². The van der Waals surface area contributed by atoms with Crippen molar-refractivity contribution < 1.29 is 13.3 Å². The van der Waals surface area contributed by atoms with Crippen LogP contribution in [0.1, 0.15) is 5.56 Å². The van der Waals surface area contributed by atoms with Gasteiger partial charge in [0.2, 0.25) is 0 Å². The molecule has 0 aliphatic carbocycles. The number of fused-ring (bicyclic) bond motifs is 1. The highest BCUT2D eigenvalue weighted by Crippen LogP contribution is 2.27. The molecule has 0 atom stereocenters. The van der Waals surface area contributed by atoms with E-state index >= 15 is 0 Å². The number of nitriles is 1. The van der Waals surface area contributed by atoms with Crippen LogP contribution in [-0.2, 0) is 10.0 Å². The molecular weight excluding hydrogens is 332 g/mol. The zero-order chi connectivity index (χ0) is 17.3. The predicted octanol–water partition coefficient (Wildman–Crippen LogP) is 2.75. The maximum absolute atomic E-state index is 12.5. The first-order valence-corrected chi connectivity index (χ1v) is 8.18. The first-order valence-electron chi connectivity index (χ1n) is 6.70. The van der Waals surface area contributed by atoms with Gasteiger partial charge in [-0.3, -0.25) is 14.8 Å². The Bertz CT molecular complexity index is 1100. The molecule has 3 rings (SSSR count). The number of benzene rings is 2. The molecule has 24 heavy (non-hydrogen) atoms. The van der Waals surface area contributed by atoms with Crippen LogP contribution in [0.2, 0.25) is 0 Å². The number of sulfonamides is 1. The van der Waals surface area contributed by atoms with E-state index in [0.29, 0.717) is 16.5 Å². The summed E-state index contributed by atoms with van der Waals surface area (Å²) < 4.78 is 27.4. The maximum Gasteiger partial charge on any atom is 0.270 e. The number of non-ortho nitro benzene ring substituents is 1. The summed E-state index contributed by atoms with van der Waals surface area (Å²) in [6.45, 7) is 0. The van der Waals surface area contributed by atoms with Crippen LogP contribution >= 0.6 is 0 Å². The minimum atomic E-state index is -4.02. The van der Waals surface area contributed by atoms with E-state index < -0.39 is 14.9 Å². The Morgan fingerprint density at radius 3 is 2.67 bits per heavy atom. The average Bonchev–Trinajstić information content (AvgIpc) is 2.99. The molecule has 0 bridgehead atoms. The van der Waals surface area contributed by atoms with Crippen molar-refractivity contribution in [2.45, 2.75) is 4.90 Å². The molecule has 0 aliphatic rings. The summed E-state index contributed by atoms with van der Waals surface area (Å²) in [5.41, 5.74) is 0.785. The highest BCUT2D eigenvalue weighted by molar-refractivity contribution is 7.92. The molecule has 1 aromatic heterocycles. The maximum atomic E-state index is 12.5. The Balaban J connectivity index is 2.05. The number of rotatable bonds is 4. The Morgan fingerprint density at radius 1 is 1.21 bits per heavy atom. The Labute approximate surface area is 136 Å². The van der Waals surface area contributed by atoms with Gasteiger partial charge in [-0.05, 0) is 12.1 Å². The van der Waals surface area contributed by atoms with Gasteiger partial charge in [0, 0.05) is 23.7 Å². The Hall–Kier alpha value is -3.38. The van der Waals surface area contributed by atoms with Crippen LogP contribution in [0.15, 0.2) is 53.6 Å². The third-order valence-electron chi connectivity index (χ3n) is 3.42. The number of H-pyrrole nitrogens is 1. The molecule has 0 spiro atoms. The van der Waals surface area contributed by atoms with Gasteiger partial charge in [0.15, 0.2) is 0 Å². The molecule has 2 aromatic carbocycles. The van der Waals surface area contributed by atoms with E-state index in [2.05, 4.69) is 9.71 Å². The number of nitrogens with zero attached hydrogens (tertiary/aromatic N) is 2. The second-order valence-corrected chi connectivity index (χ2v) is 6.58. The number of aromatic nitrogens is 1. The van der Waals surface area contributed by atoms with Crippen LogP contribution < -0.4 is 4.72 Å². The average molecular weight is 342 g/mol. The number of hydrogen-bond acceptors (Lipinski definition) is 5. The number of aromatic amines is 1.